The fourth-order valence-corrected chi connectivity index (χ4v) is 4.68. The van der Waals surface area contributed by atoms with Crippen LogP contribution in [0.1, 0.15) is 21.4 Å². The van der Waals surface area contributed by atoms with Crippen molar-refractivity contribution in [2.24, 2.45) is 0 Å². The van der Waals surface area contributed by atoms with Crippen molar-refractivity contribution < 1.29 is 4.79 Å². The van der Waals surface area contributed by atoms with Gasteiger partial charge in [-0.25, -0.2) is 4.79 Å². The highest BCUT2D eigenvalue weighted by Gasteiger charge is 2.33. The standard InChI is InChI=1S/C17H15N3OS2/c21-17(19-12-3-7-18-8-4-12)20-9-5-14-13(6-11-23-14)16(20)15-2-1-10-22-15/h1-4,6-8,10-11,16H,5,9H2,(H,18,19,21)/t16-/m0/s1. The third-order valence-corrected chi connectivity index (χ3v) is 5.89. The number of carbonyl (C=O) groups is 1. The molecule has 1 aliphatic rings. The Kier molecular flexibility index (Phi) is 3.85. The molecule has 116 valence electrons. The number of aromatic nitrogens is 1. The summed E-state index contributed by atoms with van der Waals surface area (Å²) < 4.78 is 0. The number of urea groups is 1. The topological polar surface area (TPSA) is 45.2 Å². The fraction of sp³-hybridized carbons (Fsp3) is 0.176. The molecule has 0 unspecified atom stereocenters. The smallest absolute Gasteiger partial charge is 0.312 e. The van der Waals surface area contributed by atoms with Crippen LogP contribution >= 0.6 is 22.7 Å². The molecule has 3 aromatic rings. The van der Waals surface area contributed by atoms with Crippen molar-refractivity contribution >= 4 is 34.4 Å². The van der Waals surface area contributed by atoms with Gasteiger partial charge in [-0.05, 0) is 47.0 Å². The van der Waals surface area contributed by atoms with Gasteiger partial charge in [0.2, 0.25) is 0 Å². The lowest BCUT2D eigenvalue weighted by Crippen LogP contribution is -2.42. The second kappa shape index (κ2) is 6.14. The average Bonchev–Trinajstić information content (AvgIpc) is 3.26. The number of amides is 2. The molecule has 0 aliphatic carbocycles. The Balaban J connectivity index is 1.66. The van der Waals surface area contributed by atoms with E-state index in [1.54, 1.807) is 47.2 Å². The largest absolute Gasteiger partial charge is 0.322 e. The summed E-state index contributed by atoms with van der Waals surface area (Å²) in [6.45, 7) is 0.729. The van der Waals surface area contributed by atoms with Gasteiger partial charge in [0, 0.05) is 34.4 Å². The van der Waals surface area contributed by atoms with Gasteiger partial charge in [0.25, 0.3) is 0 Å². The minimum atomic E-state index is -0.0635. The molecule has 2 amide bonds. The van der Waals surface area contributed by atoms with Crippen LogP contribution in [0.3, 0.4) is 0 Å². The van der Waals surface area contributed by atoms with Crippen molar-refractivity contribution in [1.29, 1.82) is 0 Å². The molecule has 1 aliphatic heterocycles. The van der Waals surface area contributed by atoms with E-state index in [1.165, 1.54) is 15.3 Å². The van der Waals surface area contributed by atoms with Crippen molar-refractivity contribution in [2.75, 3.05) is 11.9 Å². The number of pyridine rings is 1. The summed E-state index contributed by atoms with van der Waals surface area (Å²) in [5.41, 5.74) is 2.03. The van der Waals surface area contributed by atoms with Crippen LogP contribution in [0.15, 0.2) is 53.5 Å². The third kappa shape index (κ3) is 2.75. The maximum atomic E-state index is 12.8. The van der Waals surface area contributed by atoms with Gasteiger partial charge in [-0.3, -0.25) is 4.98 Å². The van der Waals surface area contributed by atoms with Gasteiger partial charge in [0.05, 0.1) is 6.04 Å². The summed E-state index contributed by atoms with van der Waals surface area (Å²) >= 11 is 3.48. The summed E-state index contributed by atoms with van der Waals surface area (Å²) in [4.78, 5) is 21.3. The number of carbonyl (C=O) groups excluding carboxylic acids is 1. The zero-order valence-corrected chi connectivity index (χ0v) is 13.9. The first-order chi connectivity index (χ1) is 11.3. The normalized spacial score (nSPS) is 16.9. The van der Waals surface area contributed by atoms with Crippen LogP contribution < -0.4 is 5.32 Å². The van der Waals surface area contributed by atoms with Crippen LogP contribution in [0.4, 0.5) is 10.5 Å². The van der Waals surface area contributed by atoms with Gasteiger partial charge in [-0.15, -0.1) is 22.7 Å². The molecule has 4 rings (SSSR count). The summed E-state index contributed by atoms with van der Waals surface area (Å²) in [5, 5.41) is 7.17. The molecule has 0 spiro atoms. The van der Waals surface area contributed by atoms with Crippen LogP contribution in [0.25, 0.3) is 0 Å². The van der Waals surface area contributed by atoms with Gasteiger partial charge in [0.15, 0.2) is 0 Å². The maximum absolute atomic E-state index is 12.8. The number of anilines is 1. The first-order valence-corrected chi connectivity index (χ1v) is 9.16. The number of nitrogens with one attached hydrogen (secondary N) is 1. The zero-order valence-electron chi connectivity index (χ0n) is 12.3. The molecule has 23 heavy (non-hydrogen) atoms. The number of hydrogen-bond donors (Lipinski definition) is 1. The Morgan fingerprint density at radius 2 is 2.04 bits per heavy atom. The van der Waals surface area contributed by atoms with E-state index in [9.17, 15) is 4.79 Å². The lowest BCUT2D eigenvalue weighted by atomic mass is 9.99. The molecule has 3 aromatic heterocycles. The molecule has 1 N–H and O–H groups in total. The lowest BCUT2D eigenvalue weighted by Gasteiger charge is -2.35. The Labute approximate surface area is 142 Å². The maximum Gasteiger partial charge on any atom is 0.322 e. The van der Waals surface area contributed by atoms with Crippen LogP contribution in [0.2, 0.25) is 0 Å². The molecule has 0 bridgehead atoms. The predicted octanol–water partition coefficient (Wildman–Crippen LogP) is 4.38. The second-order valence-electron chi connectivity index (χ2n) is 5.33. The van der Waals surface area contributed by atoms with Crippen molar-refractivity contribution in [3.63, 3.8) is 0 Å². The number of rotatable bonds is 2. The summed E-state index contributed by atoms with van der Waals surface area (Å²) in [6.07, 6.45) is 4.28. The van der Waals surface area contributed by atoms with E-state index in [1.807, 2.05) is 11.0 Å². The molecular weight excluding hydrogens is 326 g/mol. The van der Waals surface area contributed by atoms with Gasteiger partial charge in [0.1, 0.15) is 0 Å². The van der Waals surface area contributed by atoms with Crippen LogP contribution in [-0.4, -0.2) is 22.5 Å². The van der Waals surface area contributed by atoms with Gasteiger partial charge >= 0.3 is 6.03 Å². The van der Waals surface area contributed by atoms with E-state index in [2.05, 4.69) is 33.2 Å². The van der Waals surface area contributed by atoms with Crippen LogP contribution in [-0.2, 0) is 6.42 Å². The number of thiophene rings is 2. The number of hydrogen-bond acceptors (Lipinski definition) is 4. The van der Waals surface area contributed by atoms with E-state index in [4.69, 9.17) is 0 Å². The molecule has 4 nitrogen and oxygen atoms in total. The molecule has 4 heterocycles. The van der Waals surface area contributed by atoms with E-state index in [0.717, 1.165) is 18.7 Å². The zero-order chi connectivity index (χ0) is 15.6. The third-order valence-electron chi connectivity index (χ3n) is 3.97. The van der Waals surface area contributed by atoms with E-state index in [0.29, 0.717) is 0 Å². The van der Waals surface area contributed by atoms with E-state index in [-0.39, 0.29) is 12.1 Å². The minimum Gasteiger partial charge on any atom is -0.312 e. The second-order valence-corrected chi connectivity index (χ2v) is 7.31. The molecule has 0 fully saturated rings. The predicted molar refractivity (Wildman–Crippen MR) is 94.1 cm³/mol. The molecule has 6 heteroatoms. The van der Waals surface area contributed by atoms with Crippen molar-refractivity contribution in [3.8, 4) is 0 Å². The highest BCUT2D eigenvalue weighted by Crippen LogP contribution is 2.39. The quantitative estimate of drug-likeness (QED) is 0.751. The Hall–Kier alpha value is -2.18. The highest BCUT2D eigenvalue weighted by molar-refractivity contribution is 7.10. The van der Waals surface area contributed by atoms with E-state index >= 15 is 0 Å². The summed E-state index contributed by atoms with van der Waals surface area (Å²) in [6, 6.07) is 9.85. The molecule has 0 radical (unpaired) electrons. The number of fused-ring (bicyclic) bond motifs is 1. The van der Waals surface area contributed by atoms with Crippen molar-refractivity contribution in [3.05, 3.63) is 68.8 Å². The van der Waals surface area contributed by atoms with Gasteiger partial charge < -0.3 is 10.2 Å². The van der Waals surface area contributed by atoms with Gasteiger partial charge in [-0.2, -0.15) is 0 Å². The first-order valence-electron chi connectivity index (χ1n) is 7.40. The summed E-state index contributed by atoms with van der Waals surface area (Å²) in [5.74, 6) is 0. The molecular formula is C17H15N3OS2. The Morgan fingerprint density at radius 1 is 1.17 bits per heavy atom. The summed E-state index contributed by atoms with van der Waals surface area (Å²) in [7, 11) is 0. The molecule has 0 saturated carbocycles. The average molecular weight is 341 g/mol. The lowest BCUT2D eigenvalue weighted by molar-refractivity contribution is 0.195. The Bertz CT molecular complexity index is 798. The molecule has 0 aromatic carbocycles. The molecule has 0 saturated heterocycles. The number of nitrogens with zero attached hydrogens (tertiary/aromatic N) is 2. The minimum absolute atomic E-state index is 0.00633. The fourth-order valence-electron chi connectivity index (χ4n) is 2.92. The van der Waals surface area contributed by atoms with Crippen LogP contribution in [0, 0.1) is 0 Å². The SMILES string of the molecule is O=C(Nc1ccncc1)N1CCc2sccc2[C@H]1c1cccs1. The van der Waals surface area contributed by atoms with Crippen molar-refractivity contribution in [2.45, 2.75) is 12.5 Å². The Morgan fingerprint density at radius 3 is 2.83 bits per heavy atom. The highest BCUT2D eigenvalue weighted by atomic mass is 32.1. The first kappa shape index (κ1) is 14.4. The van der Waals surface area contributed by atoms with Crippen molar-refractivity contribution in [1.82, 2.24) is 9.88 Å². The monoisotopic (exact) mass is 341 g/mol. The van der Waals surface area contributed by atoms with E-state index < -0.39 is 0 Å². The van der Waals surface area contributed by atoms with Crippen LogP contribution in [0.5, 0.6) is 0 Å². The van der Waals surface area contributed by atoms with Gasteiger partial charge in [-0.1, -0.05) is 6.07 Å². The molecule has 1 atom stereocenters.